The van der Waals surface area contributed by atoms with Gasteiger partial charge in [0, 0.05) is 10.0 Å². The van der Waals surface area contributed by atoms with Gasteiger partial charge in [0.15, 0.2) is 0 Å². The van der Waals surface area contributed by atoms with Gasteiger partial charge in [0.25, 0.3) is 0 Å². The first-order chi connectivity index (χ1) is 8.22. The van der Waals surface area contributed by atoms with Crippen LogP contribution in [-0.2, 0) is 4.74 Å². The van der Waals surface area contributed by atoms with Crippen LogP contribution in [-0.4, -0.2) is 6.61 Å². The molecule has 1 heterocycles. The number of rotatable bonds is 3. The van der Waals surface area contributed by atoms with Crippen LogP contribution >= 0.6 is 15.9 Å². The summed E-state index contributed by atoms with van der Waals surface area (Å²) in [6, 6.07) is 4.33. The Hall–Kier alpha value is -0.910. The van der Waals surface area contributed by atoms with Gasteiger partial charge in [-0.05, 0) is 37.1 Å². The Labute approximate surface area is 108 Å². The SMILES string of the molecule is NNC(C1=CCCCO1)c1cc(Br)ccc1F. The molecule has 0 amide bonds. The number of allylic oxidation sites excluding steroid dienone is 1. The van der Waals surface area contributed by atoms with Crippen LogP contribution in [0.1, 0.15) is 24.4 Å². The number of hydrogen-bond acceptors (Lipinski definition) is 3. The van der Waals surface area contributed by atoms with E-state index in [2.05, 4.69) is 21.4 Å². The van der Waals surface area contributed by atoms with Crippen molar-refractivity contribution < 1.29 is 9.13 Å². The van der Waals surface area contributed by atoms with Gasteiger partial charge in [-0.15, -0.1) is 0 Å². The summed E-state index contributed by atoms with van der Waals surface area (Å²) in [4.78, 5) is 0. The first-order valence-corrected chi connectivity index (χ1v) is 6.25. The van der Waals surface area contributed by atoms with E-state index < -0.39 is 6.04 Å². The van der Waals surface area contributed by atoms with Gasteiger partial charge in [0.2, 0.25) is 0 Å². The number of hydrogen-bond donors (Lipinski definition) is 2. The number of nitrogens with one attached hydrogen (secondary N) is 1. The fourth-order valence-corrected chi connectivity index (χ4v) is 2.22. The molecule has 2 rings (SSSR count). The zero-order chi connectivity index (χ0) is 12.3. The Kier molecular flexibility index (Phi) is 4.15. The van der Waals surface area contributed by atoms with Crippen molar-refractivity contribution in [3.8, 4) is 0 Å². The van der Waals surface area contributed by atoms with Crippen LogP contribution < -0.4 is 11.3 Å². The summed E-state index contributed by atoms with van der Waals surface area (Å²) in [5, 5.41) is 0. The standard InChI is InChI=1S/C12H14BrFN2O/c13-8-4-5-10(14)9(7-8)12(16-15)11-3-1-2-6-17-11/h3-5,7,12,16H,1-2,6,15H2. The molecule has 0 saturated heterocycles. The van der Waals surface area contributed by atoms with Crippen molar-refractivity contribution in [1.29, 1.82) is 0 Å². The van der Waals surface area contributed by atoms with E-state index in [9.17, 15) is 4.39 Å². The first kappa shape index (κ1) is 12.5. The van der Waals surface area contributed by atoms with E-state index in [1.165, 1.54) is 6.07 Å². The van der Waals surface area contributed by atoms with E-state index in [0.717, 1.165) is 17.3 Å². The second kappa shape index (κ2) is 5.62. The highest BCUT2D eigenvalue weighted by atomic mass is 79.9. The molecule has 0 saturated carbocycles. The number of nitrogens with two attached hydrogens (primary N) is 1. The zero-order valence-electron chi connectivity index (χ0n) is 9.25. The third-order valence-corrected chi connectivity index (χ3v) is 3.18. The molecule has 1 aliphatic rings. The van der Waals surface area contributed by atoms with Crippen molar-refractivity contribution in [1.82, 2.24) is 5.43 Å². The van der Waals surface area contributed by atoms with Crippen molar-refractivity contribution in [3.63, 3.8) is 0 Å². The molecule has 0 spiro atoms. The van der Waals surface area contributed by atoms with Gasteiger partial charge in [-0.1, -0.05) is 15.9 Å². The molecule has 0 aromatic heterocycles. The second-order valence-corrected chi connectivity index (χ2v) is 4.78. The summed E-state index contributed by atoms with van der Waals surface area (Å²) in [6.45, 7) is 0.652. The van der Waals surface area contributed by atoms with Crippen LogP contribution in [0.25, 0.3) is 0 Å². The van der Waals surface area contributed by atoms with Crippen LogP contribution in [0.2, 0.25) is 0 Å². The molecule has 1 aromatic rings. The Morgan fingerprint density at radius 1 is 1.47 bits per heavy atom. The van der Waals surface area contributed by atoms with E-state index in [4.69, 9.17) is 10.6 Å². The highest BCUT2D eigenvalue weighted by Crippen LogP contribution is 2.29. The minimum absolute atomic E-state index is 0.300. The Bertz CT molecular complexity index is 437. The third kappa shape index (κ3) is 2.86. The Balaban J connectivity index is 2.34. The normalized spacial score (nSPS) is 17.2. The van der Waals surface area contributed by atoms with Crippen LogP contribution in [0.5, 0.6) is 0 Å². The lowest BCUT2D eigenvalue weighted by Gasteiger charge is -2.24. The fourth-order valence-electron chi connectivity index (χ4n) is 1.84. The van der Waals surface area contributed by atoms with Crippen molar-refractivity contribution in [2.45, 2.75) is 18.9 Å². The summed E-state index contributed by atoms with van der Waals surface area (Å²) >= 11 is 3.32. The maximum Gasteiger partial charge on any atom is 0.128 e. The monoisotopic (exact) mass is 300 g/mol. The molecule has 1 aliphatic heterocycles. The van der Waals surface area contributed by atoms with Crippen LogP contribution in [0.15, 0.2) is 34.5 Å². The van der Waals surface area contributed by atoms with Crippen LogP contribution in [0.3, 0.4) is 0 Å². The third-order valence-electron chi connectivity index (χ3n) is 2.68. The quantitative estimate of drug-likeness (QED) is 0.666. The van der Waals surface area contributed by atoms with Crippen molar-refractivity contribution in [3.05, 3.63) is 45.9 Å². The molecule has 0 fully saturated rings. The number of benzene rings is 1. The predicted octanol–water partition coefficient (Wildman–Crippen LogP) is 2.79. The molecule has 0 bridgehead atoms. The Morgan fingerprint density at radius 2 is 2.29 bits per heavy atom. The predicted molar refractivity (Wildman–Crippen MR) is 67.4 cm³/mol. The van der Waals surface area contributed by atoms with Crippen LogP contribution in [0.4, 0.5) is 4.39 Å². The van der Waals surface area contributed by atoms with Gasteiger partial charge in [-0.2, -0.15) is 0 Å². The van der Waals surface area contributed by atoms with E-state index in [-0.39, 0.29) is 5.82 Å². The van der Waals surface area contributed by atoms with Crippen LogP contribution in [0, 0.1) is 5.82 Å². The van der Waals surface area contributed by atoms with Gasteiger partial charge in [0.1, 0.15) is 17.6 Å². The maximum atomic E-state index is 13.8. The molecule has 3 nitrogen and oxygen atoms in total. The molecule has 1 atom stereocenters. The molecular weight excluding hydrogens is 287 g/mol. The maximum absolute atomic E-state index is 13.8. The lowest BCUT2D eigenvalue weighted by Crippen LogP contribution is -2.31. The molecule has 92 valence electrons. The average molecular weight is 301 g/mol. The molecule has 17 heavy (non-hydrogen) atoms. The summed E-state index contributed by atoms with van der Waals surface area (Å²) in [6.07, 6.45) is 3.87. The number of halogens is 2. The van der Waals surface area contributed by atoms with E-state index >= 15 is 0 Å². The Morgan fingerprint density at radius 3 is 2.94 bits per heavy atom. The first-order valence-electron chi connectivity index (χ1n) is 5.46. The topological polar surface area (TPSA) is 47.3 Å². The summed E-state index contributed by atoms with van der Waals surface area (Å²) in [7, 11) is 0. The molecule has 0 aliphatic carbocycles. The fraction of sp³-hybridized carbons (Fsp3) is 0.333. The largest absolute Gasteiger partial charge is 0.496 e. The summed E-state index contributed by atoms with van der Waals surface area (Å²) in [5.74, 6) is 5.89. The minimum atomic E-state index is -0.437. The second-order valence-electron chi connectivity index (χ2n) is 3.86. The number of ether oxygens (including phenoxy) is 1. The van der Waals surface area contributed by atoms with E-state index in [1.807, 2.05) is 6.08 Å². The van der Waals surface area contributed by atoms with Gasteiger partial charge >= 0.3 is 0 Å². The van der Waals surface area contributed by atoms with E-state index in [0.29, 0.717) is 17.9 Å². The average Bonchev–Trinajstić information content (AvgIpc) is 2.36. The van der Waals surface area contributed by atoms with Crippen molar-refractivity contribution in [2.75, 3.05) is 6.61 Å². The smallest absolute Gasteiger partial charge is 0.128 e. The molecule has 5 heteroatoms. The molecule has 1 aromatic carbocycles. The highest BCUT2D eigenvalue weighted by molar-refractivity contribution is 9.10. The van der Waals surface area contributed by atoms with Gasteiger partial charge in [0.05, 0.1) is 6.61 Å². The molecule has 1 unspecified atom stereocenters. The van der Waals surface area contributed by atoms with Crippen molar-refractivity contribution >= 4 is 15.9 Å². The van der Waals surface area contributed by atoms with Gasteiger partial charge in [-0.25, -0.2) is 9.82 Å². The molecule has 3 N–H and O–H groups in total. The lowest BCUT2D eigenvalue weighted by atomic mass is 10.0. The molecular formula is C12H14BrFN2O. The molecule has 0 radical (unpaired) electrons. The number of hydrazine groups is 1. The van der Waals surface area contributed by atoms with Gasteiger partial charge in [-0.3, -0.25) is 5.84 Å². The minimum Gasteiger partial charge on any atom is -0.496 e. The van der Waals surface area contributed by atoms with Crippen molar-refractivity contribution in [2.24, 2.45) is 5.84 Å². The summed E-state index contributed by atoms with van der Waals surface area (Å²) < 4.78 is 20.1. The highest BCUT2D eigenvalue weighted by Gasteiger charge is 2.21. The zero-order valence-corrected chi connectivity index (χ0v) is 10.8. The van der Waals surface area contributed by atoms with E-state index in [1.54, 1.807) is 12.1 Å². The summed E-state index contributed by atoms with van der Waals surface area (Å²) in [5.41, 5.74) is 3.08. The van der Waals surface area contributed by atoms with Gasteiger partial charge < -0.3 is 4.74 Å². The lowest BCUT2D eigenvalue weighted by molar-refractivity contribution is 0.167.